The lowest BCUT2D eigenvalue weighted by Crippen LogP contribution is -2.53. The zero-order valence-electron chi connectivity index (χ0n) is 13.0. The quantitative estimate of drug-likeness (QED) is 0.896. The predicted molar refractivity (Wildman–Crippen MR) is 85.1 cm³/mol. The second-order valence-corrected chi connectivity index (χ2v) is 8.95. The molecule has 5 nitrogen and oxygen atoms in total. The Morgan fingerprint density at radius 1 is 1.52 bits per heavy atom. The zero-order valence-corrected chi connectivity index (χ0v) is 14.7. The van der Waals surface area contributed by atoms with Gasteiger partial charge in [0, 0.05) is 29.9 Å². The number of hydrogen-bond acceptors (Lipinski definition) is 5. The van der Waals surface area contributed by atoms with Crippen molar-refractivity contribution in [3.8, 4) is 0 Å². The predicted octanol–water partition coefficient (Wildman–Crippen LogP) is 2.05. The van der Waals surface area contributed by atoms with Gasteiger partial charge in [-0.2, -0.15) is 4.31 Å². The molecule has 0 radical (unpaired) electrons. The standard InChI is InChI=1S/C14H24N2O3S2/c1-5-15-7-12-6-13(9-20-12)21(17,18)16-8-11(2)19-14(3,4)10-16/h6,9,11,15H,5,7-8,10H2,1-4H3. The first-order chi connectivity index (χ1) is 9.74. The Labute approximate surface area is 131 Å². The van der Waals surface area contributed by atoms with E-state index < -0.39 is 15.6 Å². The summed E-state index contributed by atoms with van der Waals surface area (Å²) in [6.07, 6.45) is -0.0941. The second kappa shape index (κ2) is 6.34. The van der Waals surface area contributed by atoms with Gasteiger partial charge in [0.05, 0.1) is 16.6 Å². The Bertz CT molecular complexity index is 581. The van der Waals surface area contributed by atoms with Crippen molar-refractivity contribution in [1.29, 1.82) is 0 Å². The van der Waals surface area contributed by atoms with Crippen molar-refractivity contribution in [3.63, 3.8) is 0 Å². The molecular weight excluding hydrogens is 308 g/mol. The third-order valence-corrected chi connectivity index (χ3v) is 6.23. The van der Waals surface area contributed by atoms with Crippen LogP contribution in [-0.2, 0) is 21.3 Å². The molecule has 0 saturated carbocycles. The molecule has 0 bridgehead atoms. The maximum absolute atomic E-state index is 12.8. The van der Waals surface area contributed by atoms with Gasteiger partial charge in [0.25, 0.3) is 0 Å². The van der Waals surface area contributed by atoms with Gasteiger partial charge in [-0.3, -0.25) is 0 Å². The highest BCUT2D eigenvalue weighted by molar-refractivity contribution is 7.89. The smallest absolute Gasteiger partial charge is 0.244 e. The number of morpholine rings is 1. The van der Waals surface area contributed by atoms with Crippen LogP contribution >= 0.6 is 11.3 Å². The number of sulfonamides is 1. The minimum atomic E-state index is -3.43. The lowest BCUT2D eigenvalue weighted by molar-refractivity contribution is -0.109. The fourth-order valence-electron chi connectivity index (χ4n) is 2.56. The van der Waals surface area contributed by atoms with Crippen molar-refractivity contribution in [1.82, 2.24) is 9.62 Å². The number of rotatable bonds is 5. The molecule has 1 N–H and O–H groups in total. The topological polar surface area (TPSA) is 58.6 Å². The highest BCUT2D eigenvalue weighted by Gasteiger charge is 2.38. The Morgan fingerprint density at radius 3 is 2.86 bits per heavy atom. The number of hydrogen-bond donors (Lipinski definition) is 1. The number of nitrogens with one attached hydrogen (secondary N) is 1. The normalized spacial score (nSPS) is 23.3. The van der Waals surface area contributed by atoms with Crippen LogP contribution in [0.1, 0.15) is 32.6 Å². The molecule has 1 saturated heterocycles. The highest BCUT2D eigenvalue weighted by atomic mass is 32.2. The maximum Gasteiger partial charge on any atom is 0.244 e. The van der Waals surface area contributed by atoms with Crippen LogP contribution in [0.4, 0.5) is 0 Å². The van der Waals surface area contributed by atoms with Crippen LogP contribution in [0.5, 0.6) is 0 Å². The molecule has 0 aromatic carbocycles. The summed E-state index contributed by atoms with van der Waals surface area (Å²) >= 11 is 1.48. The summed E-state index contributed by atoms with van der Waals surface area (Å²) in [6.45, 7) is 10.2. The SMILES string of the molecule is CCNCc1cc(S(=O)(=O)N2CC(C)OC(C)(C)C2)cs1. The summed E-state index contributed by atoms with van der Waals surface area (Å²) in [5, 5.41) is 4.94. The number of thiophene rings is 1. The van der Waals surface area contributed by atoms with Crippen LogP contribution in [-0.4, -0.2) is 44.1 Å². The van der Waals surface area contributed by atoms with Crippen LogP contribution < -0.4 is 5.32 Å². The first-order valence-electron chi connectivity index (χ1n) is 7.21. The van der Waals surface area contributed by atoms with Crippen LogP contribution in [0.3, 0.4) is 0 Å². The zero-order chi connectivity index (χ0) is 15.7. The summed E-state index contributed by atoms with van der Waals surface area (Å²) in [5.74, 6) is 0. The molecule has 1 aliphatic heterocycles. The molecule has 21 heavy (non-hydrogen) atoms. The van der Waals surface area contributed by atoms with Crippen molar-refractivity contribution in [2.45, 2.75) is 50.8 Å². The van der Waals surface area contributed by atoms with Gasteiger partial charge >= 0.3 is 0 Å². The van der Waals surface area contributed by atoms with Crippen molar-refractivity contribution < 1.29 is 13.2 Å². The molecule has 1 atom stereocenters. The van der Waals surface area contributed by atoms with E-state index in [9.17, 15) is 8.42 Å². The summed E-state index contributed by atoms with van der Waals surface area (Å²) < 4.78 is 32.9. The van der Waals surface area contributed by atoms with E-state index in [1.165, 1.54) is 11.3 Å². The van der Waals surface area contributed by atoms with Crippen molar-refractivity contribution in [3.05, 3.63) is 16.3 Å². The fourth-order valence-corrected chi connectivity index (χ4v) is 5.46. The molecule has 1 aromatic rings. The molecule has 0 spiro atoms. The van der Waals surface area contributed by atoms with E-state index in [-0.39, 0.29) is 6.10 Å². The van der Waals surface area contributed by atoms with Gasteiger partial charge in [0.2, 0.25) is 10.0 Å². The fraction of sp³-hybridized carbons (Fsp3) is 0.714. The van der Waals surface area contributed by atoms with Crippen molar-refractivity contribution >= 4 is 21.4 Å². The van der Waals surface area contributed by atoms with Crippen molar-refractivity contribution in [2.75, 3.05) is 19.6 Å². The molecule has 0 amide bonds. The van der Waals surface area contributed by atoms with Gasteiger partial charge < -0.3 is 10.1 Å². The van der Waals surface area contributed by atoms with Gasteiger partial charge in [0.1, 0.15) is 0 Å². The largest absolute Gasteiger partial charge is 0.370 e. The monoisotopic (exact) mass is 332 g/mol. The van der Waals surface area contributed by atoms with E-state index >= 15 is 0 Å². The molecule has 0 aliphatic carbocycles. The lowest BCUT2D eigenvalue weighted by atomic mass is 10.1. The van der Waals surface area contributed by atoms with E-state index in [1.807, 2.05) is 27.7 Å². The Morgan fingerprint density at radius 2 is 2.24 bits per heavy atom. The second-order valence-electron chi connectivity index (χ2n) is 6.01. The van der Waals surface area contributed by atoms with Gasteiger partial charge in [0.15, 0.2) is 0 Å². The molecule has 2 rings (SSSR count). The Hall–Kier alpha value is -0.470. The van der Waals surface area contributed by atoms with E-state index in [0.29, 0.717) is 24.5 Å². The average molecular weight is 332 g/mol. The summed E-state index contributed by atoms with van der Waals surface area (Å²) in [7, 11) is -3.43. The molecular formula is C14H24N2O3S2. The molecule has 7 heteroatoms. The summed E-state index contributed by atoms with van der Waals surface area (Å²) in [4.78, 5) is 1.43. The van der Waals surface area contributed by atoms with Crippen LogP contribution in [0.2, 0.25) is 0 Å². The number of nitrogens with zero attached hydrogens (tertiary/aromatic N) is 1. The molecule has 1 unspecified atom stereocenters. The Kier molecular flexibility index (Phi) is 5.10. The minimum Gasteiger partial charge on any atom is -0.370 e. The minimum absolute atomic E-state index is 0.0941. The van der Waals surface area contributed by atoms with E-state index in [2.05, 4.69) is 5.32 Å². The van der Waals surface area contributed by atoms with Gasteiger partial charge in [-0.05, 0) is 33.4 Å². The third-order valence-electron chi connectivity index (χ3n) is 3.35. The van der Waals surface area contributed by atoms with E-state index in [0.717, 1.165) is 11.4 Å². The third kappa shape index (κ3) is 4.04. The first-order valence-corrected chi connectivity index (χ1v) is 9.52. The van der Waals surface area contributed by atoms with E-state index in [4.69, 9.17) is 4.74 Å². The van der Waals surface area contributed by atoms with Gasteiger partial charge in [-0.25, -0.2) is 8.42 Å². The highest BCUT2D eigenvalue weighted by Crippen LogP contribution is 2.28. The van der Waals surface area contributed by atoms with E-state index in [1.54, 1.807) is 15.8 Å². The van der Waals surface area contributed by atoms with Crippen LogP contribution in [0.15, 0.2) is 16.3 Å². The Balaban J connectivity index is 2.19. The lowest BCUT2D eigenvalue weighted by Gasteiger charge is -2.40. The van der Waals surface area contributed by atoms with Crippen molar-refractivity contribution in [2.24, 2.45) is 0 Å². The molecule has 2 heterocycles. The van der Waals surface area contributed by atoms with Crippen LogP contribution in [0, 0.1) is 0 Å². The first kappa shape index (κ1) is 16.9. The molecule has 1 aromatic heterocycles. The summed E-state index contributed by atoms with van der Waals surface area (Å²) in [6, 6.07) is 1.77. The average Bonchev–Trinajstić information content (AvgIpc) is 2.83. The molecule has 1 fully saturated rings. The molecule has 120 valence electrons. The van der Waals surface area contributed by atoms with Crippen LogP contribution in [0.25, 0.3) is 0 Å². The van der Waals surface area contributed by atoms with Gasteiger partial charge in [-0.15, -0.1) is 11.3 Å². The maximum atomic E-state index is 12.8. The summed E-state index contributed by atoms with van der Waals surface area (Å²) in [5.41, 5.74) is -0.451. The molecule has 1 aliphatic rings. The van der Waals surface area contributed by atoms with Gasteiger partial charge in [-0.1, -0.05) is 6.92 Å². The number of ether oxygens (including phenoxy) is 1.